The molecule has 0 heterocycles. The standard InChI is InChI=1S/C61H100O6/c1-4-7-10-13-16-18-20-22-24-26-27-28-29-30-31-32-33-34-35-36-38-39-41-43-45-48-51-54-60(63)66-57-58(56-65-59(62)53-50-47-15-12-9-6-3)67-61(64)55-52-49-46-44-42-40-37-25-23-21-19-17-14-11-8-5-2/h7,10,16,18,22,24-25,27-28,30-31,33-34,36-38,41,43,58H,4-6,8-9,11-15,17,19-21,23,26,29,32,35,39-40,42,44-57H2,1-3H3/b10-7-,18-16-,24-22-,28-27-,31-30-,34-33-,37-25-,38-36-,43-41-. The lowest BCUT2D eigenvalue weighted by molar-refractivity contribution is -0.167. The van der Waals surface area contributed by atoms with Gasteiger partial charge in [-0.3, -0.25) is 14.4 Å². The van der Waals surface area contributed by atoms with Crippen molar-refractivity contribution in [3.05, 3.63) is 109 Å². The minimum atomic E-state index is -0.798. The lowest BCUT2D eigenvalue weighted by Gasteiger charge is -2.18. The van der Waals surface area contributed by atoms with Gasteiger partial charge in [-0.2, -0.15) is 0 Å². The van der Waals surface area contributed by atoms with Crippen LogP contribution in [0.25, 0.3) is 0 Å². The highest BCUT2D eigenvalue weighted by Crippen LogP contribution is 2.13. The van der Waals surface area contributed by atoms with Gasteiger partial charge in [0.25, 0.3) is 0 Å². The van der Waals surface area contributed by atoms with Crippen molar-refractivity contribution in [1.29, 1.82) is 0 Å². The van der Waals surface area contributed by atoms with Gasteiger partial charge in [0.1, 0.15) is 13.2 Å². The highest BCUT2D eigenvalue weighted by Gasteiger charge is 2.19. The summed E-state index contributed by atoms with van der Waals surface area (Å²) >= 11 is 0. The Hall–Kier alpha value is -3.93. The molecule has 0 saturated heterocycles. The maximum atomic E-state index is 12.8. The maximum absolute atomic E-state index is 12.8. The van der Waals surface area contributed by atoms with Crippen molar-refractivity contribution in [1.82, 2.24) is 0 Å². The van der Waals surface area contributed by atoms with Crippen molar-refractivity contribution in [3.63, 3.8) is 0 Å². The second-order valence-corrected chi connectivity index (χ2v) is 17.8. The number of carbonyl (C=O) groups is 3. The van der Waals surface area contributed by atoms with Gasteiger partial charge in [-0.05, 0) is 109 Å². The summed E-state index contributed by atoms with van der Waals surface area (Å²) in [6.07, 6.45) is 73.9. The van der Waals surface area contributed by atoms with E-state index in [1.807, 2.05) is 0 Å². The number of ether oxygens (including phenoxy) is 3. The van der Waals surface area contributed by atoms with Crippen LogP contribution in [0.1, 0.15) is 239 Å². The third-order valence-electron chi connectivity index (χ3n) is 11.3. The van der Waals surface area contributed by atoms with Gasteiger partial charge in [-0.25, -0.2) is 0 Å². The molecule has 0 fully saturated rings. The molecule has 0 aromatic heterocycles. The fourth-order valence-electron chi connectivity index (χ4n) is 7.16. The second-order valence-electron chi connectivity index (χ2n) is 17.8. The van der Waals surface area contributed by atoms with E-state index in [9.17, 15) is 14.4 Å². The van der Waals surface area contributed by atoms with Crippen LogP contribution in [0.15, 0.2) is 109 Å². The average Bonchev–Trinajstić information content (AvgIpc) is 3.33. The topological polar surface area (TPSA) is 78.9 Å². The van der Waals surface area contributed by atoms with Gasteiger partial charge < -0.3 is 14.2 Å². The van der Waals surface area contributed by atoms with Gasteiger partial charge in [0, 0.05) is 19.3 Å². The van der Waals surface area contributed by atoms with Crippen molar-refractivity contribution in [3.8, 4) is 0 Å². The molecule has 0 N–H and O–H groups in total. The number of rotatable bonds is 48. The summed E-state index contributed by atoms with van der Waals surface area (Å²) in [5, 5.41) is 0. The van der Waals surface area contributed by atoms with E-state index in [1.54, 1.807) is 0 Å². The van der Waals surface area contributed by atoms with Gasteiger partial charge in [0.15, 0.2) is 6.10 Å². The Balaban J connectivity index is 4.29. The number of esters is 3. The third-order valence-corrected chi connectivity index (χ3v) is 11.3. The van der Waals surface area contributed by atoms with E-state index >= 15 is 0 Å². The van der Waals surface area contributed by atoms with Crippen LogP contribution in [-0.4, -0.2) is 37.2 Å². The molecule has 1 unspecified atom stereocenters. The number of allylic oxidation sites excluding steroid dienone is 18. The largest absolute Gasteiger partial charge is 0.462 e. The summed E-state index contributed by atoms with van der Waals surface area (Å²) in [6, 6.07) is 0. The van der Waals surface area contributed by atoms with Crippen LogP contribution in [0.5, 0.6) is 0 Å². The Morgan fingerprint density at radius 3 is 0.955 bits per heavy atom. The van der Waals surface area contributed by atoms with E-state index in [1.165, 1.54) is 77.0 Å². The van der Waals surface area contributed by atoms with E-state index in [-0.39, 0.29) is 31.1 Å². The smallest absolute Gasteiger partial charge is 0.306 e. The minimum absolute atomic E-state index is 0.0964. The van der Waals surface area contributed by atoms with Crippen LogP contribution in [-0.2, 0) is 28.6 Å². The van der Waals surface area contributed by atoms with E-state index in [0.29, 0.717) is 19.3 Å². The summed E-state index contributed by atoms with van der Waals surface area (Å²) in [6.45, 7) is 6.41. The Morgan fingerprint density at radius 2 is 0.582 bits per heavy atom. The van der Waals surface area contributed by atoms with Crippen LogP contribution in [0.2, 0.25) is 0 Å². The van der Waals surface area contributed by atoms with Crippen molar-refractivity contribution in [2.45, 2.75) is 245 Å². The van der Waals surface area contributed by atoms with Gasteiger partial charge in [0.05, 0.1) is 0 Å². The highest BCUT2D eigenvalue weighted by molar-refractivity contribution is 5.71. The number of carbonyl (C=O) groups excluding carboxylic acids is 3. The monoisotopic (exact) mass is 929 g/mol. The molecule has 1 atom stereocenters. The molecular weight excluding hydrogens is 829 g/mol. The molecule has 0 aliphatic rings. The molecule has 0 radical (unpaired) electrons. The average molecular weight is 929 g/mol. The molecule has 6 nitrogen and oxygen atoms in total. The summed E-state index contributed by atoms with van der Waals surface area (Å²) in [5.74, 6) is -0.964. The van der Waals surface area contributed by atoms with E-state index < -0.39 is 6.10 Å². The van der Waals surface area contributed by atoms with Crippen molar-refractivity contribution < 1.29 is 28.6 Å². The van der Waals surface area contributed by atoms with Gasteiger partial charge in [0.2, 0.25) is 0 Å². The van der Waals surface area contributed by atoms with Crippen LogP contribution in [0.3, 0.4) is 0 Å². The van der Waals surface area contributed by atoms with E-state index in [0.717, 1.165) is 122 Å². The quantitative estimate of drug-likeness (QED) is 0.0262. The van der Waals surface area contributed by atoms with Crippen LogP contribution in [0.4, 0.5) is 0 Å². The molecule has 67 heavy (non-hydrogen) atoms. The molecule has 0 spiro atoms. The first-order valence-electron chi connectivity index (χ1n) is 27.4. The van der Waals surface area contributed by atoms with Crippen molar-refractivity contribution in [2.24, 2.45) is 0 Å². The normalized spacial score (nSPS) is 12.9. The van der Waals surface area contributed by atoms with Gasteiger partial charge in [-0.1, -0.05) is 220 Å². The Bertz CT molecular complexity index is 1390. The molecule has 6 heteroatoms. The summed E-state index contributed by atoms with van der Waals surface area (Å²) < 4.78 is 16.7. The lowest BCUT2D eigenvalue weighted by Crippen LogP contribution is -2.30. The molecule has 0 bridgehead atoms. The lowest BCUT2D eigenvalue weighted by atomic mass is 10.1. The number of unbranched alkanes of at least 4 members (excludes halogenated alkanes) is 19. The maximum Gasteiger partial charge on any atom is 0.306 e. The van der Waals surface area contributed by atoms with Crippen LogP contribution in [0, 0.1) is 0 Å². The zero-order valence-electron chi connectivity index (χ0n) is 43.4. The van der Waals surface area contributed by atoms with Crippen LogP contribution >= 0.6 is 0 Å². The van der Waals surface area contributed by atoms with Crippen molar-refractivity contribution >= 4 is 17.9 Å². The Morgan fingerprint density at radius 1 is 0.313 bits per heavy atom. The summed E-state index contributed by atoms with van der Waals surface area (Å²) in [4.78, 5) is 37.8. The molecule has 0 rings (SSSR count). The first-order valence-corrected chi connectivity index (χ1v) is 27.4. The molecule has 0 aromatic carbocycles. The van der Waals surface area contributed by atoms with Gasteiger partial charge in [-0.15, -0.1) is 0 Å². The predicted molar refractivity (Wildman–Crippen MR) is 288 cm³/mol. The molecule has 0 aromatic rings. The Kier molecular flexibility index (Phi) is 51.5. The van der Waals surface area contributed by atoms with Crippen LogP contribution < -0.4 is 0 Å². The first kappa shape index (κ1) is 63.1. The minimum Gasteiger partial charge on any atom is -0.462 e. The number of hydrogen-bond acceptors (Lipinski definition) is 6. The zero-order valence-corrected chi connectivity index (χ0v) is 43.4. The SMILES string of the molecule is CC/C=C\C/C=C\C/C=C\C/C=C\C/C=C\C/C=C\C/C=C\C/C=C\CCCCC(=O)OCC(COC(=O)CCCCCCCC)OC(=O)CCCCCCC/C=C\CCCCCCCCC. The highest BCUT2D eigenvalue weighted by atomic mass is 16.6. The second kappa shape index (κ2) is 54.7. The van der Waals surface area contributed by atoms with Crippen molar-refractivity contribution in [2.75, 3.05) is 13.2 Å². The Labute approximate surface area is 412 Å². The molecule has 0 aliphatic carbocycles. The summed E-state index contributed by atoms with van der Waals surface area (Å²) in [7, 11) is 0. The van der Waals surface area contributed by atoms with Gasteiger partial charge >= 0.3 is 17.9 Å². The third kappa shape index (κ3) is 52.9. The molecule has 0 aliphatic heterocycles. The zero-order chi connectivity index (χ0) is 48.6. The fraction of sp³-hybridized carbons (Fsp3) is 0.656. The van der Waals surface area contributed by atoms with E-state index in [4.69, 9.17) is 14.2 Å². The summed E-state index contributed by atoms with van der Waals surface area (Å²) in [5.41, 5.74) is 0. The molecular formula is C61H100O6. The fourth-order valence-corrected chi connectivity index (χ4v) is 7.16. The molecule has 380 valence electrons. The molecule has 0 saturated carbocycles. The predicted octanol–water partition coefficient (Wildman–Crippen LogP) is 18.3. The molecule has 0 amide bonds. The van der Waals surface area contributed by atoms with E-state index in [2.05, 4.69) is 130 Å². The number of hydrogen-bond donors (Lipinski definition) is 0. The first-order chi connectivity index (χ1) is 33.0.